The van der Waals surface area contributed by atoms with Crippen molar-refractivity contribution in [2.45, 2.75) is 33.1 Å². The maximum atomic E-state index is 11.9. The van der Waals surface area contributed by atoms with Gasteiger partial charge in [0.15, 0.2) is 0 Å². The molecule has 0 aromatic heterocycles. The highest BCUT2D eigenvalue weighted by atomic mass is 16.4. The Kier molecular flexibility index (Phi) is 3.60. The normalized spacial score (nSPS) is 19.3. The van der Waals surface area contributed by atoms with Crippen LogP contribution in [-0.2, 0) is 9.59 Å². The molecular weight excluding hydrogens is 242 g/mol. The highest BCUT2D eigenvalue weighted by molar-refractivity contribution is 5.99. The second kappa shape index (κ2) is 5.03. The van der Waals surface area contributed by atoms with Gasteiger partial charge in [0, 0.05) is 18.7 Å². The Bertz CT molecular complexity index is 522. The molecule has 1 saturated heterocycles. The third kappa shape index (κ3) is 2.62. The molecule has 4 nitrogen and oxygen atoms in total. The van der Waals surface area contributed by atoms with Crippen molar-refractivity contribution in [1.82, 2.24) is 0 Å². The van der Waals surface area contributed by atoms with Crippen LogP contribution in [0.2, 0.25) is 0 Å². The Morgan fingerprint density at radius 1 is 1.42 bits per heavy atom. The topological polar surface area (TPSA) is 57.6 Å². The van der Waals surface area contributed by atoms with Gasteiger partial charge in [0.2, 0.25) is 5.91 Å². The van der Waals surface area contributed by atoms with E-state index >= 15 is 0 Å². The van der Waals surface area contributed by atoms with Gasteiger partial charge in [-0.3, -0.25) is 9.59 Å². The zero-order chi connectivity index (χ0) is 14.2. The number of benzene rings is 1. The van der Waals surface area contributed by atoms with Crippen LogP contribution in [0.15, 0.2) is 18.2 Å². The van der Waals surface area contributed by atoms with Crippen molar-refractivity contribution in [1.29, 1.82) is 0 Å². The van der Waals surface area contributed by atoms with Crippen LogP contribution in [0, 0.1) is 12.8 Å². The first kappa shape index (κ1) is 13.6. The molecule has 0 bridgehead atoms. The molecule has 1 aromatic rings. The first-order chi connectivity index (χ1) is 8.90. The number of carbonyl (C=O) groups is 2. The molecule has 1 aliphatic heterocycles. The van der Waals surface area contributed by atoms with Crippen molar-refractivity contribution >= 4 is 17.6 Å². The minimum absolute atomic E-state index is 0.0975. The van der Waals surface area contributed by atoms with E-state index in [4.69, 9.17) is 5.11 Å². The average molecular weight is 261 g/mol. The second-order valence-electron chi connectivity index (χ2n) is 5.44. The second-order valence-corrected chi connectivity index (χ2v) is 5.44. The van der Waals surface area contributed by atoms with Crippen molar-refractivity contribution in [3.05, 3.63) is 29.3 Å². The van der Waals surface area contributed by atoms with Crippen molar-refractivity contribution < 1.29 is 14.7 Å². The van der Waals surface area contributed by atoms with E-state index in [9.17, 15) is 9.59 Å². The number of anilines is 1. The zero-order valence-corrected chi connectivity index (χ0v) is 11.5. The van der Waals surface area contributed by atoms with Gasteiger partial charge in [0.25, 0.3) is 0 Å². The number of carboxylic acid groups (broad SMARTS) is 1. The first-order valence-corrected chi connectivity index (χ1v) is 6.54. The van der Waals surface area contributed by atoms with Crippen molar-refractivity contribution in [3.8, 4) is 0 Å². The molecule has 1 amide bonds. The van der Waals surface area contributed by atoms with Crippen LogP contribution in [0.3, 0.4) is 0 Å². The standard InChI is InChI=1S/C15H19NO3/c1-9(2)13-5-4-12(6-10(13)3)16-8-11(15(18)19)7-14(16)17/h4-6,9,11H,7-8H2,1-3H3,(H,18,19)/t11-/m1/s1. The van der Waals surface area contributed by atoms with Crippen LogP contribution in [0.25, 0.3) is 0 Å². The Hall–Kier alpha value is -1.84. The van der Waals surface area contributed by atoms with Crippen molar-refractivity contribution in [3.63, 3.8) is 0 Å². The van der Waals surface area contributed by atoms with Gasteiger partial charge in [0.1, 0.15) is 0 Å². The van der Waals surface area contributed by atoms with Crippen molar-refractivity contribution in [2.24, 2.45) is 5.92 Å². The lowest BCUT2D eigenvalue weighted by Gasteiger charge is -2.19. The number of nitrogens with zero attached hydrogens (tertiary/aromatic N) is 1. The van der Waals surface area contributed by atoms with E-state index in [1.54, 1.807) is 4.90 Å². The van der Waals surface area contributed by atoms with E-state index in [1.165, 1.54) is 5.56 Å². The number of carboxylic acids is 1. The summed E-state index contributed by atoms with van der Waals surface area (Å²) < 4.78 is 0. The van der Waals surface area contributed by atoms with Gasteiger partial charge in [-0.05, 0) is 36.1 Å². The summed E-state index contributed by atoms with van der Waals surface area (Å²) in [5.74, 6) is -1.15. The third-order valence-corrected chi connectivity index (χ3v) is 3.66. The van der Waals surface area contributed by atoms with Gasteiger partial charge < -0.3 is 10.0 Å². The van der Waals surface area contributed by atoms with E-state index < -0.39 is 11.9 Å². The fourth-order valence-corrected chi connectivity index (χ4v) is 2.60. The van der Waals surface area contributed by atoms with Crippen LogP contribution in [-0.4, -0.2) is 23.5 Å². The summed E-state index contributed by atoms with van der Waals surface area (Å²) in [6, 6.07) is 5.90. The van der Waals surface area contributed by atoms with Crippen LogP contribution >= 0.6 is 0 Å². The molecule has 0 saturated carbocycles. The lowest BCUT2D eigenvalue weighted by molar-refractivity contribution is -0.141. The smallest absolute Gasteiger partial charge is 0.308 e. The number of hydrogen-bond donors (Lipinski definition) is 1. The first-order valence-electron chi connectivity index (χ1n) is 6.54. The molecule has 1 atom stereocenters. The monoisotopic (exact) mass is 261 g/mol. The maximum Gasteiger partial charge on any atom is 0.308 e. The minimum Gasteiger partial charge on any atom is -0.481 e. The number of hydrogen-bond acceptors (Lipinski definition) is 2. The quantitative estimate of drug-likeness (QED) is 0.909. The minimum atomic E-state index is -0.897. The summed E-state index contributed by atoms with van der Waals surface area (Å²) in [5.41, 5.74) is 3.19. The van der Waals surface area contributed by atoms with Gasteiger partial charge in [-0.25, -0.2) is 0 Å². The zero-order valence-electron chi connectivity index (χ0n) is 11.5. The summed E-state index contributed by atoms with van der Waals surface area (Å²) >= 11 is 0. The molecule has 4 heteroatoms. The number of rotatable bonds is 3. The fourth-order valence-electron chi connectivity index (χ4n) is 2.60. The Morgan fingerprint density at radius 3 is 2.58 bits per heavy atom. The number of amides is 1. The SMILES string of the molecule is Cc1cc(N2C[C@H](C(=O)O)CC2=O)ccc1C(C)C. The van der Waals surface area contributed by atoms with E-state index in [2.05, 4.69) is 13.8 Å². The van der Waals surface area contributed by atoms with E-state index in [-0.39, 0.29) is 18.9 Å². The fraction of sp³-hybridized carbons (Fsp3) is 0.467. The van der Waals surface area contributed by atoms with Crippen LogP contribution in [0.1, 0.15) is 37.3 Å². The number of aryl methyl sites for hydroxylation is 1. The Morgan fingerprint density at radius 2 is 2.11 bits per heavy atom. The molecule has 1 heterocycles. The molecule has 2 rings (SSSR count). The average Bonchev–Trinajstić information content (AvgIpc) is 2.71. The van der Waals surface area contributed by atoms with E-state index in [0.717, 1.165) is 11.3 Å². The largest absolute Gasteiger partial charge is 0.481 e. The summed E-state index contributed by atoms with van der Waals surface area (Å²) in [5, 5.41) is 8.99. The molecule has 1 aliphatic rings. The lowest BCUT2D eigenvalue weighted by atomic mass is 9.97. The third-order valence-electron chi connectivity index (χ3n) is 3.66. The van der Waals surface area contributed by atoms with Gasteiger partial charge in [0.05, 0.1) is 5.92 Å². The molecule has 1 N–H and O–H groups in total. The van der Waals surface area contributed by atoms with Crippen LogP contribution in [0.5, 0.6) is 0 Å². The van der Waals surface area contributed by atoms with E-state index in [1.807, 2.05) is 25.1 Å². The van der Waals surface area contributed by atoms with Crippen molar-refractivity contribution in [2.75, 3.05) is 11.4 Å². The highest BCUT2D eigenvalue weighted by Crippen LogP contribution is 2.29. The molecular formula is C15H19NO3. The molecule has 0 unspecified atom stereocenters. The highest BCUT2D eigenvalue weighted by Gasteiger charge is 2.35. The Labute approximate surface area is 113 Å². The molecule has 19 heavy (non-hydrogen) atoms. The van der Waals surface area contributed by atoms with Gasteiger partial charge in [-0.1, -0.05) is 19.9 Å². The van der Waals surface area contributed by atoms with Crippen LogP contribution < -0.4 is 4.90 Å². The predicted octanol–water partition coefficient (Wildman–Crippen LogP) is 2.56. The Balaban J connectivity index is 2.26. The number of aliphatic carboxylic acids is 1. The van der Waals surface area contributed by atoms with Crippen LogP contribution in [0.4, 0.5) is 5.69 Å². The molecule has 0 aliphatic carbocycles. The summed E-state index contributed by atoms with van der Waals surface area (Å²) in [6.45, 7) is 6.55. The lowest BCUT2D eigenvalue weighted by Crippen LogP contribution is -2.25. The van der Waals surface area contributed by atoms with Gasteiger partial charge in [-0.15, -0.1) is 0 Å². The molecule has 1 aromatic carbocycles. The molecule has 0 spiro atoms. The van der Waals surface area contributed by atoms with Gasteiger partial charge in [-0.2, -0.15) is 0 Å². The summed E-state index contributed by atoms with van der Waals surface area (Å²) in [6.07, 6.45) is 0.0975. The van der Waals surface area contributed by atoms with E-state index in [0.29, 0.717) is 5.92 Å². The maximum absolute atomic E-state index is 11.9. The summed E-state index contributed by atoms with van der Waals surface area (Å²) in [4.78, 5) is 24.4. The molecule has 0 radical (unpaired) electrons. The number of carbonyl (C=O) groups excluding carboxylic acids is 1. The predicted molar refractivity (Wildman–Crippen MR) is 73.4 cm³/mol. The molecule has 1 fully saturated rings. The molecule has 102 valence electrons. The van der Waals surface area contributed by atoms with Gasteiger partial charge >= 0.3 is 5.97 Å². The summed E-state index contributed by atoms with van der Waals surface area (Å²) in [7, 11) is 0.